The summed E-state index contributed by atoms with van der Waals surface area (Å²) < 4.78 is 0. The van der Waals surface area contributed by atoms with E-state index in [1.165, 1.54) is 9.75 Å². The van der Waals surface area contributed by atoms with Gasteiger partial charge in [-0.15, -0.1) is 11.3 Å². The molecule has 3 nitrogen and oxygen atoms in total. The maximum atomic E-state index is 12.3. The zero-order valence-corrected chi connectivity index (χ0v) is 12.7. The molecule has 1 amide bonds. The Balaban J connectivity index is 1.92. The van der Waals surface area contributed by atoms with Crippen molar-refractivity contribution in [3.8, 4) is 0 Å². The van der Waals surface area contributed by atoms with Crippen molar-refractivity contribution in [3.05, 3.63) is 57.8 Å². The zero-order chi connectivity index (χ0) is 14.5. The third-order valence-electron chi connectivity index (χ3n) is 3.18. The first-order valence-electron chi connectivity index (χ1n) is 6.66. The van der Waals surface area contributed by atoms with Crippen molar-refractivity contribution in [1.82, 2.24) is 4.90 Å². The maximum absolute atomic E-state index is 12.3. The van der Waals surface area contributed by atoms with Crippen molar-refractivity contribution in [2.24, 2.45) is 5.73 Å². The molecule has 0 saturated carbocycles. The fourth-order valence-corrected chi connectivity index (χ4v) is 3.06. The van der Waals surface area contributed by atoms with Crippen LogP contribution < -0.4 is 5.73 Å². The summed E-state index contributed by atoms with van der Waals surface area (Å²) in [5.41, 5.74) is 7.11. The predicted molar refractivity (Wildman–Crippen MR) is 83.7 cm³/mol. The van der Waals surface area contributed by atoms with Crippen molar-refractivity contribution < 1.29 is 4.79 Å². The number of rotatable bonds is 5. The number of hydrogen-bond donors (Lipinski definition) is 1. The van der Waals surface area contributed by atoms with Crippen LogP contribution in [0, 0.1) is 6.92 Å². The maximum Gasteiger partial charge on any atom is 0.239 e. The summed E-state index contributed by atoms with van der Waals surface area (Å²) in [5, 5.41) is 0. The molecule has 1 aromatic heterocycles. The lowest BCUT2D eigenvalue weighted by molar-refractivity contribution is -0.131. The van der Waals surface area contributed by atoms with Gasteiger partial charge in [-0.05, 0) is 31.0 Å². The number of hydrogen-bond acceptors (Lipinski definition) is 3. The Morgan fingerprint density at radius 1 is 1.25 bits per heavy atom. The number of likely N-dealkylation sites (N-methyl/N-ethyl adjacent to an activating group) is 1. The lowest BCUT2D eigenvalue weighted by atomic mass is 10.1. The SMILES string of the molecule is Cc1ccc(CN(C)C(=O)[C@H](N)Cc2ccccc2)s1. The molecular formula is C16H20N2OS. The molecule has 1 atom stereocenters. The van der Waals surface area contributed by atoms with E-state index in [1.54, 1.807) is 16.2 Å². The second-order valence-corrected chi connectivity index (χ2v) is 6.38. The Kier molecular flexibility index (Phi) is 4.93. The summed E-state index contributed by atoms with van der Waals surface area (Å²) >= 11 is 1.71. The molecule has 0 bridgehead atoms. The molecular weight excluding hydrogens is 268 g/mol. The van der Waals surface area contributed by atoms with Crippen molar-refractivity contribution in [2.45, 2.75) is 25.9 Å². The molecule has 2 aromatic rings. The van der Waals surface area contributed by atoms with Gasteiger partial charge < -0.3 is 10.6 Å². The Bertz CT molecular complexity index is 565. The number of benzene rings is 1. The minimum atomic E-state index is -0.483. The van der Waals surface area contributed by atoms with E-state index in [4.69, 9.17) is 5.73 Å². The lowest BCUT2D eigenvalue weighted by Gasteiger charge is -2.20. The minimum Gasteiger partial charge on any atom is -0.339 e. The smallest absolute Gasteiger partial charge is 0.239 e. The van der Waals surface area contributed by atoms with Gasteiger partial charge in [-0.2, -0.15) is 0 Å². The van der Waals surface area contributed by atoms with Crippen LogP contribution in [-0.2, 0) is 17.8 Å². The molecule has 4 heteroatoms. The number of aryl methyl sites for hydroxylation is 1. The molecule has 0 aliphatic heterocycles. The highest BCUT2D eigenvalue weighted by Crippen LogP contribution is 2.17. The van der Waals surface area contributed by atoms with Gasteiger partial charge in [0.15, 0.2) is 0 Å². The molecule has 0 fully saturated rings. The average molecular weight is 288 g/mol. The number of amides is 1. The Labute approximate surface area is 124 Å². The van der Waals surface area contributed by atoms with Crippen LogP contribution in [0.4, 0.5) is 0 Å². The first-order valence-corrected chi connectivity index (χ1v) is 7.47. The summed E-state index contributed by atoms with van der Waals surface area (Å²) in [7, 11) is 1.81. The second kappa shape index (κ2) is 6.68. The van der Waals surface area contributed by atoms with Crippen LogP contribution in [0.5, 0.6) is 0 Å². The first-order chi connectivity index (χ1) is 9.56. The molecule has 0 radical (unpaired) electrons. The number of nitrogens with zero attached hydrogens (tertiary/aromatic N) is 1. The Morgan fingerprint density at radius 3 is 2.55 bits per heavy atom. The monoisotopic (exact) mass is 288 g/mol. The van der Waals surface area contributed by atoms with Gasteiger partial charge in [-0.3, -0.25) is 4.79 Å². The van der Waals surface area contributed by atoms with Gasteiger partial charge in [-0.1, -0.05) is 30.3 Å². The normalized spacial score (nSPS) is 12.2. The van der Waals surface area contributed by atoms with Crippen LogP contribution in [0.15, 0.2) is 42.5 Å². The van der Waals surface area contributed by atoms with Crippen molar-refractivity contribution in [1.29, 1.82) is 0 Å². The largest absolute Gasteiger partial charge is 0.339 e. The van der Waals surface area contributed by atoms with Gasteiger partial charge in [0.1, 0.15) is 0 Å². The summed E-state index contributed by atoms with van der Waals surface area (Å²) in [4.78, 5) is 16.4. The summed E-state index contributed by atoms with van der Waals surface area (Å²) in [6.07, 6.45) is 0.577. The fraction of sp³-hybridized carbons (Fsp3) is 0.312. The fourth-order valence-electron chi connectivity index (χ4n) is 2.12. The summed E-state index contributed by atoms with van der Waals surface area (Å²) in [6.45, 7) is 2.69. The molecule has 1 heterocycles. The van der Waals surface area contributed by atoms with E-state index in [1.807, 2.05) is 37.4 Å². The van der Waals surface area contributed by atoms with Gasteiger partial charge in [0.2, 0.25) is 5.91 Å². The van der Waals surface area contributed by atoms with Crippen LogP contribution in [-0.4, -0.2) is 23.9 Å². The van der Waals surface area contributed by atoms with Crippen molar-refractivity contribution in [3.63, 3.8) is 0 Å². The topological polar surface area (TPSA) is 46.3 Å². The average Bonchev–Trinajstić information content (AvgIpc) is 2.84. The minimum absolute atomic E-state index is 0.0140. The third kappa shape index (κ3) is 3.92. The zero-order valence-electron chi connectivity index (χ0n) is 11.9. The van der Waals surface area contributed by atoms with Crippen LogP contribution in [0.3, 0.4) is 0 Å². The molecule has 0 spiro atoms. The number of nitrogens with two attached hydrogens (primary N) is 1. The van der Waals surface area contributed by atoms with Gasteiger partial charge in [0, 0.05) is 16.8 Å². The van der Waals surface area contributed by atoms with E-state index in [0.717, 1.165) is 5.56 Å². The third-order valence-corrected chi connectivity index (χ3v) is 4.17. The highest BCUT2D eigenvalue weighted by molar-refractivity contribution is 7.11. The number of thiophene rings is 1. The molecule has 106 valence electrons. The van der Waals surface area contributed by atoms with Crippen molar-refractivity contribution in [2.75, 3.05) is 7.05 Å². The number of carbonyl (C=O) groups excluding carboxylic acids is 1. The van der Waals surface area contributed by atoms with E-state index >= 15 is 0 Å². The summed E-state index contributed by atoms with van der Waals surface area (Å²) in [5.74, 6) is -0.0140. The molecule has 1 aromatic carbocycles. The highest BCUT2D eigenvalue weighted by atomic mass is 32.1. The van der Waals surface area contributed by atoms with Crippen LogP contribution in [0.2, 0.25) is 0 Å². The molecule has 0 aliphatic rings. The molecule has 2 N–H and O–H groups in total. The summed E-state index contributed by atoms with van der Waals surface area (Å²) in [6, 6.07) is 13.5. The van der Waals surface area contributed by atoms with Crippen LogP contribution in [0.1, 0.15) is 15.3 Å². The molecule has 0 unspecified atom stereocenters. The van der Waals surface area contributed by atoms with Crippen LogP contribution in [0.25, 0.3) is 0 Å². The van der Waals surface area contributed by atoms with E-state index in [9.17, 15) is 4.79 Å². The predicted octanol–water partition coefficient (Wildman–Crippen LogP) is 2.58. The van der Waals surface area contributed by atoms with E-state index in [-0.39, 0.29) is 5.91 Å². The van der Waals surface area contributed by atoms with Gasteiger partial charge in [0.25, 0.3) is 0 Å². The molecule has 0 aliphatic carbocycles. The Morgan fingerprint density at radius 2 is 1.95 bits per heavy atom. The molecule has 0 saturated heterocycles. The lowest BCUT2D eigenvalue weighted by Crippen LogP contribution is -2.42. The van der Waals surface area contributed by atoms with E-state index < -0.39 is 6.04 Å². The van der Waals surface area contributed by atoms with Crippen LogP contribution >= 0.6 is 11.3 Å². The second-order valence-electron chi connectivity index (χ2n) is 5.00. The van der Waals surface area contributed by atoms with E-state index in [2.05, 4.69) is 19.1 Å². The van der Waals surface area contributed by atoms with Gasteiger partial charge in [-0.25, -0.2) is 0 Å². The van der Waals surface area contributed by atoms with Crippen molar-refractivity contribution >= 4 is 17.2 Å². The van der Waals surface area contributed by atoms with E-state index in [0.29, 0.717) is 13.0 Å². The quantitative estimate of drug-likeness (QED) is 0.919. The first kappa shape index (κ1) is 14.8. The molecule has 2 rings (SSSR count). The molecule has 20 heavy (non-hydrogen) atoms. The van der Waals surface area contributed by atoms with Gasteiger partial charge >= 0.3 is 0 Å². The Hall–Kier alpha value is -1.65. The number of carbonyl (C=O) groups is 1. The standard InChI is InChI=1S/C16H20N2OS/c1-12-8-9-14(20-12)11-18(2)16(19)15(17)10-13-6-4-3-5-7-13/h3-9,15H,10-11,17H2,1-2H3/t15-/m1/s1. The highest BCUT2D eigenvalue weighted by Gasteiger charge is 2.18. The van der Waals surface area contributed by atoms with Gasteiger partial charge in [0.05, 0.1) is 12.6 Å².